The molecule has 0 spiro atoms. The van der Waals surface area contributed by atoms with Crippen molar-refractivity contribution in [1.82, 2.24) is 0 Å². The van der Waals surface area contributed by atoms with E-state index in [1.54, 1.807) is 0 Å². The molecule has 0 fully saturated rings. The molecule has 0 N–H and O–H groups in total. The number of hydrogen-bond acceptors (Lipinski definition) is 6. The molecule has 0 aromatic heterocycles. The Labute approximate surface area is 450 Å². The predicted octanol–water partition coefficient (Wildman–Crippen LogP) is 20.7. The van der Waals surface area contributed by atoms with E-state index in [4.69, 9.17) is 14.2 Å². The zero-order valence-electron chi connectivity index (χ0n) is 47.6. The van der Waals surface area contributed by atoms with Gasteiger partial charge in [-0.1, -0.05) is 278 Å². The molecule has 6 nitrogen and oxygen atoms in total. The van der Waals surface area contributed by atoms with Crippen molar-refractivity contribution in [2.24, 2.45) is 0 Å². The first kappa shape index (κ1) is 69.1. The second-order valence-corrected chi connectivity index (χ2v) is 19.9. The van der Waals surface area contributed by atoms with Crippen molar-refractivity contribution in [1.29, 1.82) is 0 Å². The minimum Gasteiger partial charge on any atom is -0.462 e. The lowest BCUT2D eigenvalue weighted by atomic mass is 10.0. The molecule has 73 heavy (non-hydrogen) atoms. The van der Waals surface area contributed by atoms with Crippen molar-refractivity contribution in [3.8, 4) is 0 Å². The van der Waals surface area contributed by atoms with Gasteiger partial charge >= 0.3 is 17.9 Å². The molecule has 0 aromatic rings. The van der Waals surface area contributed by atoms with Crippen LogP contribution in [0.5, 0.6) is 0 Å². The number of rotatable bonds is 54. The SMILES string of the molecule is CC/C=C\C/C=C\C/C=C\C/C=C\C/C=C\C/C=C\CCC(=O)OCC(COC(=O)CCCCCCCCC/C=C\C/C=C\C/C=C\CC)OC(=O)CCCCCCCCCCCCCCCCCCCCC. The third-order valence-corrected chi connectivity index (χ3v) is 12.8. The highest BCUT2D eigenvalue weighted by Gasteiger charge is 2.19. The summed E-state index contributed by atoms with van der Waals surface area (Å²) in [7, 11) is 0. The van der Waals surface area contributed by atoms with E-state index in [0.29, 0.717) is 19.3 Å². The van der Waals surface area contributed by atoms with E-state index in [9.17, 15) is 14.4 Å². The normalized spacial score (nSPS) is 12.9. The van der Waals surface area contributed by atoms with Gasteiger partial charge in [-0.25, -0.2) is 0 Å². The maximum Gasteiger partial charge on any atom is 0.306 e. The molecule has 0 aliphatic heterocycles. The maximum absolute atomic E-state index is 12.9. The summed E-state index contributed by atoms with van der Waals surface area (Å²) < 4.78 is 16.8. The van der Waals surface area contributed by atoms with Gasteiger partial charge in [0, 0.05) is 19.3 Å². The zero-order chi connectivity index (χ0) is 52.9. The fourth-order valence-corrected chi connectivity index (χ4v) is 8.31. The number of carbonyl (C=O) groups excluding carboxylic acids is 3. The molecular formula is C67H112O6. The predicted molar refractivity (Wildman–Crippen MR) is 316 cm³/mol. The molecule has 0 amide bonds. The smallest absolute Gasteiger partial charge is 0.306 e. The van der Waals surface area contributed by atoms with Crippen LogP contribution in [0, 0.1) is 0 Å². The van der Waals surface area contributed by atoms with Gasteiger partial charge in [0.15, 0.2) is 6.10 Å². The lowest BCUT2D eigenvalue weighted by Crippen LogP contribution is -2.30. The minimum absolute atomic E-state index is 0.106. The first-order chi connectivity index (χ1) is 36.0. The van der Waals surface area contributed by atoms with Crippen molar-refractivity contribution < 1.29 is 28.6 Å². The van der Waals surface area contributed by atoms with Gasteiger partial charge < -0.3 is 14.2 Å². The van der Waals surface area contributed by atoms with Gasteiger partial charge in [0.25, 0.3) is 0 Å². The van der Waals surface area contributed by atoms with Gasteiger partial charge in [-0.15, -0.1) is 0 Å². The highest BCUT2D eigenvalue weighted by atomic mass is 16.6. The summed E-state index contributed by atoms with van der Waals surface area (Å²) in [5, 5.41) is 0. The Bertz CT molecular complexity index is 1490. The van der Waals surface area contributed by atoms with Crippen molar-refractivity contribution >= 4 is 17.9 Å². The van der Waals surface area contributed by atoms with E-state index in [2.05, 4.69) is 124 Å². The van der Waals surface area contributed by atoms with Crippen molar-refractivity contribution in [3.05, 3.63) is 109 Å². The summed E-state index contributed by atoms with van der Waals surface area (Å²) in [6, 6.07) is 0. The molecule has 0 radical (unpaired) electrons. The van der Waals surface area contributed by atoms with Gasteiger partial charge in [0.2, 0.25) is 0 Å². The number of ether oxygens (including phenoxy) is 3. The minimum atomic E-state index is -0.814. The van der Waals surface area contributed by atoms with Crippen molar-refractivity contribution in [3.63, 3.8) is 0 Å². The van der Waals surface area contributed by atoms with Crippen LogP contribution in [-0.4, -0.2) is 37.2 Å². The molecule has 6 heteroatoms. The lowest BCUT2D eigenvalue weighted by Gasteiger charge is -2.18. The molecule has 0 heterocycles. The second kappa shape index (κ2) is 60.6. The zero-order valence-corrected chi connectivity index (χ0v) is 47.6. The van der Waals surface area contributed by atoms with Crippen LogP contribution in [0.1, 0.15) is 278 Å². The largest absolute Gasteiger partial charge is 0.462 e. The van der Waals surface area contributed by atoms with Crippen molar-refractivity contribution in [2.45, 2.75) is 284 Å². The van der Waals surface area contributed by atoms with E-state index in [1.165, 1.54) is 128 Å². The number of hydrogen-bond donors (Lipinski definition) is 0. The highest BCUT2D eigenvalue weighted by Crippen LogP contribution is 2.16. The maximum atomic E-state index is 12.9. The van der Waals surface area contributed by atoms with E-state index < -0.39 is 6.10 Å². The first-order valence-electron chi connectivity index (χ1n) is 30.4. The summed E-state index contributed by atoms with van der Waals surface area (Å²) in [5.74, 6) is -0.995. The number of esters is 3. The molecule has 0 bridgehead atoms. The molecule has 0 aliphatic rings. The molecule has 0 saturated carbocycles. The van der Waals surface area contributed by atoms with Crippen LogP contribution in [-0.2, 0) is 28.6 Å². The summed E-state index contributed by atoms with van der Waals surface area (Å²) in [6.07, 6.45) is 82.4. The summed E-state index contributed by atoms with van der Waals surface area (Å²) >= 11 is 0. The van der Waals surface area contributed by atoms with Gasteiger partial charge in [-0.2, -0.15) is 0 Å². The highest BCUT2D eigenvalue weighted by molar-refractivity contribution is 5.71. The lowest BCUT2D eigenvalue weighted by molar-refractivity contribution is -0.166. The fourth-order valence-electron chi connectivity index (χ4n) is 8.31. The van der Waals surface area contributed by atoms with Crippen molar-refractivity contribution in [2.75, 3.05) is 13.2 Å². The molecule has 1 unspecified atom stereocenters. The Morgan fingerprint density at radius 3 is 0.918 bits per heavy atom. The van der Waals surface area contributed by atoms with Crippen LogP contribution < -0.4 is 0 Å². The second-order valence-electron chi connectivity index (χ2n) is 19.9. The third kappa shape index (κ3) is 58.8. The Morgan fingerprint density at radius 1 is 0.288 bits per heavy atom. The molecule has 0 saturated heterocycles. The van der Waals surface area contributed by atoms with Gasteiger partial charge in [-0.3, -0.25) is 14.4 Å². The van der Waals surface area contributed by atoms with Gasteiger partial charge in [0.1, 0.15) is 13.2 Å². The topological polar surface area (TPSA) is 78.9 Å². The van der Waals surface area contributed by atoms with E-state index in [-0.39, 0.29) is 37.5 Å². The fraction of sp³-hybridized carbons (Fsp3) is 0.687. The Hall–Kier alpha value is -3.93. The van der Waals surface area contributed by atoms with Gasteiger partial charge in [-0.05, 0) is 89.9 Å². The van der Waals surface area contributed by atoms with Crippen LogP contribution in [0.2, 0.25) is 0 Å². The quantitative estimate of drug-likeness (QED) is 0.0261. The van der Waals surface area contributed by atoms with E-state index in [1.807, 2.05) is 6.08 Å². The summed E-state index contributed by atoms with van der Waals surface area (Å²) in [5.41, 5.74) is 0. The van der Waals surface area contributed by atoms with Gasteiger partial charge in [0.05, 0.1) is 0 Å². The monoisotopic (exact) mass is 1010 g/mol. The van der Waals surface area contributed by atoms with Crippen LogP contribution in [0.15, 0.2) is 109 Å². The van der Waals surface area contributed by atoms with E-state index >= 15 is 0 Å². The number of carbonyl (C=O) groups is 3. The third-order valence-electron chi connectivity index (χ3n) is 12.8. The van der Waals surface area contributed by atoms with Crippen LogP contribution >= 0.6 is 0 Å². The average molecular weight is 1010 g/mol. The number of unbranched alkanes of at least 4 members (excludes halogenated alkanes) is 25. The molecule has 416 valence electrons. The van der Waals surface area contributed by atoms with Crippen LogP contribution in [0.3, 0.4) is 0 Å². The molecule has 0 aromatic carbocycles. The molecule has 0 aliphatic carbocycles. The van der Waals surface area contributed by atoms with Crippen LogP contribution in [0.25, 0.3) is 0 Å². The summed E-state index contributed by atoms with van der Waals surface area (Å²) in [4.78, 5) is 38.2. The Kier molecular flexibility index (Phi) is 57.4. The van der Waals surface area contributed by atoms with E-state index in [0.717, 1.165) is 103 Å². The summed E-state index contributed by atoms with van der Waals surface area (Å²) in [6.45, 7) is 6.37. The van der Waals surface area contributed by atoms with Crippen LogP contribution in [0.4, 0.5) is 0 Å². The molecule has 1 atom stereocenters. The molecular weight excluding hydrogens is 901 g/mol. The molecule has 0 rings (SSSR count). The Balaban J connectivity index is 4.49. The standard InChI is InChI=1S/C67H112O6/c1-4-7-10-13-16-19-22-25-28-31-33-36-39-42-45-48-51-54-57-60-66(69)72-63-64(62-71-65(68)59-56-53-50-47-44-41-38-35-30-27-24-21-18-15-12-9-6-3)73-67(70)61-58-55-52-49-46-43-40-37-34-32-29-26-23-20-17-14-11-8-5-2/h7,9-10,12,16,18-19,21,25,27-28,30,33,36,42,45,51,54,64H,4-6,8,11,13-15,17,20,22-24,26,29,31-32,34-35,37-41,43-44,46-50,52-53,55-63H2,1-3H3/b10-7-,12-9-,19-16-,21-18-,28-25-,30-27-,36-33-,45-42-,54-51-. The first-order valence-corrected chi connectivity index (χ1v) is 30.4. The Morgan fingerprint density at radius 2 is 0.562 bits per heavy atom. The average Bonchev–Trinajstić information content (AvgIpc) is 3.39. The number of allylic oxidation sites excluding steroid dienone is 18.